The van der Waals surface area contributed by atoms with Crippen LogP contribution >= 0.6 is 0 Å². The fourth-order valence-corrected chi connectivity index (χ4v) is 3.24. The Labute approximate surface area is 144 Å². The van der Waals surface area contributed by atoms with Crippen LogP contribution in [0.3, 0.4) is 0 Å². The van der Waals surface area contributed by atoms with Gasteiger partial charge in [-0.3, -0.25) is 4.90 Å². The Balaban J connectivity index is 1.60. The van der Waals surface area contributed by atoms with E-state index in [9.17, 15) is 0 Å². The van der Waals surface area contributed by atoms with Gasteiger partial charge in [0.25, 0.3) is 0 Å². The SMILES string of the molecule is Cc1ccccc1N1CCN(Cc2nc(CN(C)C)no2)C(C)C1. The van der Waals surface area contributed by atoms with Crippen molar-refractivity contribution < 1.29 is 4.52 Å². The van der Waals surface area contributed by atoms with Crippen LogP contribution in [0.2, 0.25) is 0 Å². The van der Waals surface area contributed by atoms with E-state index in [1.807, 2.05) is 19.0 Å². The number of para-hydroxylation sites is 1. The van der Waals surface area contributed by atoms with Crippen molar-refractivity contribution in [1.82, 2.24) is 19.9 Å². The third kappa shape index (κ3) is 3.94. The number of aromatic nitrogens is 2. The molecule has 0 spiro atoms. The number of hydrogen-bond acceptors (Lipinski definition) is 6. The van der Waals surface area contributed by atoms with Gasteiger partial charge in [-0.05, 0) is 39.6 Å². The van der Waals surface area contributed by atoms with Crippen LogP contribution in [0, 0.1) is 6.92 Å². The van der Waals surface area contributed by atoms with Crippen molar-refractivity contribution in [2.45, 2.75) is 33.0 Å². The lowest BCUT2D eigenvalue weighted by molar-refractivity contribution is 0.159. The molecule has 1 unspecified atom stereocenters. The zero-order valence-corrected chi connectivity index (χ0v) is 15.1. The van der Waals surface area contributed by atoms with Crippen molar-refractivity contribution in [2.75, 3.05) is 38.6 Å². The molecule has 0 amide bonds. The molecule has 1 aromatic carbocycles. The summed E-state index contributed by atoms with van der Waals surface area (Å²) in [5.74, 6) is 1.46. The summed E-state index contributed by atoms with van der Waals surface area (Å²) in [6.45, 7) is 8.92. The number of aryl methyl sites for hydroxylation is 1. The maximum Gasteiger partial charge on any atom is 0.240 e. The minimum Gasteiger partial charge on any atom is -0.368 e. The number of anilines is 1. The van der Waals surface area contributed by atoms with Crippen molar-refractivity contribution in [1.29, 1.82) is 0 Å². The van der Waals surface area contributed by atoms with E-state index in [0.29, 0.717) is 18.5 Å². The lowest BCUT2D eigenvalue weighted by Crippen LogP contribution is -2.51. The van der Waals surface area contributed by atoms with Gasteiger partial charge in [-0.1, -0.05) is 23.4 Å². The molecule has 1 atom stereocenters. The average Bonchev–Trinajstić information content (AvgIpc) is 2.96. The molecule has 0 saturated carbocycles. The molecule has 6 nitrogen and oxygen atoms in total. The molecule has 130 valence electrons. The van der Waals surface area contributed by atoms with Gasteiger partial charge in [0.1, 0.15) is 0 Å². The highest BCUT2D eigenvalue weighted by Crippen LogP contribution is 2.23. The lowest BCUT2D eigenvalue weighted by atomic mass is 10.1. The first kappa shape index (κ1) is 16.9. The van der Waals surface area contributed by atoms with Gasteiger partial charge in [-0.25, -0.2) is 0 Å². The molecular formula is C18H27N5O. The molecule has 24 heavy (non-hydrogen) atoms. The van der Waals surface area contributed by atoms with Gasteiger partial charge in [0, 0.05) is 31.4 Å². The summed E-state index contributed by atoms with van der Waals surface area (Å²) in [5.41, 5.74) is 2.68. The smallest absolute Gasteiger partial charge is 0.240 e. The zero-order chi connectivity index (χ0) is 17.1. The summed E-state index contributed by atoms with van der Waals surface area (Å²) in [4.78, 5) is 11.4. The Morgan fingerprint density at radius 1 is 1.25 bits per heavy atom. The third-order valence-corrected chi connectivity index (χ3v) is 4.53. The molecule has 0 N–H and O–H groups in total. The third-order valence-electron chi connectivity index (χ3n) is 4.53. The number of hydrogen-bond donors (Lipinski definition) is 0. The fraction of sp³-hybridized carbons (Fsp3) is 0.556. The number of nitrogens with zero attached hydrogens (tertiary/aromatic N) is 5. The van der Waals surface area contributed by atoms with Crippen LogP contribution in [-0.2, 0) is 13.1 Å². The molecular weight excluding hydrogens is 302 g/mol. The Kier molecular flexibility index (Phi) is 5.16. The molecule has 2 heterocycles. The van der Waals surface area contributed by atoms with Gasteiger partial charge in [0.05, 0.1) is 13.1 Å². The van der Waals surface area contributed by atoms with Crippen LogP contribution in [0.5, 0.6) is 0 Å². The molecule has 1 aromatic heterocycles. The quantitative estimate of drug-likeness (QED) is 0.838. The molecule has 1 saturated heterocycles. The Bertz CT molecular complexity index is 669. The molecule has 0 bridgehead atoms. The van der Waals surface area contributed by atoms with Crippen LogP contribution in [0.4, 0.5) is 5.69 Å². The number of piperazine rings is 1. The highest BCUT2D eigenvalue weighted by molar-refractivity contribution is 5.53. The van der Waals surface area contributed by atoms with Gasteiger partial charge in [-0.15, -0.1) is 0 Å². The molecule has 0 radical (unpaired) electrons. The maximum absolute atomic E-state index is 5.40. The predicted octanol–water partition coefficient (Wildman–Crippen LogP) is 2.15. The summed E-state index contributed by atoms with van der Waals surface area (Å²) in [7, 11) is 4.01. The average molecular weight is 329 g/mol. The lowest BCUT2D eigenvalue weighted by Gasteiger charge is -2.40. The van der Waals surface area contributed by atoms with Crippen molar-refractivity contribution in [3.05, 3.63) is 41.5 Å². The first-order chi connectivity index (χ1) is 11.5. The zero-order valence-electron chi connectivity index (χ0n) is 15.1. The molecule has 3 rings (SSSR count). The van der Waals surface area contributed by atoms with E-state index < -0.39 is 0 Å². The van der Waals surface area contributed by atoms with Gasteiger partial charge >= 0.3 is 0 Å². The van der Waals surface area contributed by atoms with Crippen molar-refractivity contribution >= 4 is 5.69 Å². The molecule has 1 aliphatic heterocycles. The van der Waals surface area contributed by atoms with Crippen LogP contribution in [0.1, 0.15) is 24.2 Å². The summed E-state index contributed by atoms with van der Waals surface area (Å²) >= 11 is 0. The van der Waals surface area contributed by atoms with Crippen LogP contribution in [-0.4, -0.2) is 59.7 Å². The molecule has 0 aliphatic carbocycles. The topological polar surface area (TPSA) is 48.6 Å². The van der Waals surface area contributed by atoms with Crippen LogP contribution in [0.15, 0.2) is 28.8 Å². The summed E-state index contributed by atoms with van der Waals surface area (Å²) in [6.07, 6.45) is 0. The second-order valence-corrected chi connectivity index (χ2v) is 6.89. The van der Waals surface area contributed by atoms with Gasteiger partial charge in [0.2, 0.25) is 5.89 Å². The van der Waals surface area contributed by atoms with E-state index in [1.54, 1.807) is 0 Å². The van der Waals surface area contributed by atoms with Gasteiger partial charge < -0.3 is 14.3 Å². The van der Waals surface area contributed by atoms with E-state index >= 15 is 0 Å². The minimum absolute atomic E-state index is 0.447. The van der Waals surface area contributed by atoms with Gasteiger partial charge in [-0.2, -0.15) is 4.98 Å². The molecule has 6 heteroatoms. The second-order valence-electron chi connectivity index (χ2n) is 6.89. The normalized spacial score (nSPS) is 19.2. The Morgan fingerprint density at radius 3 is 2.75 bits per heavy atom. The first-order valence-electron chi connectivity index (χ1n) is 8.53. The monoisotopic (exact) mass is 329 g/mol. The molecule has 1 fully saturated rings. The minimum atomic E-state index is 0.447. The maximum atomic E-state index is 5.40. The van der Waals surface area contributed by atoms with Crippen molar-refractivity contribution in [3.8, 4) is 0 Å². The Hall–Kier alpha value is -1.92. The van der Waals surface area contributed by atoms with E-state index in [0.717, 1.165) is 32.0 Å². The van der Waals surface area contributed by atoms with E-state index in [4.69, 9.17) is 4.52 Å². The van der Waals surface area contributed by atoms with Crippen LogP contribution in [0.25, 0.3) is 0 Å². The molecule has 1 aliphatic rings. The second kappa shape index (κ2) is 7.32. The molecule has 2 aromatic rings. The highest BCUT2D eigenvalue weighted by atomic mass is 16.5. The summed E-state index contributed by atoms with van der Waals surface area (Å²) < 4.78 is 5.40. The number of rotatable bonds is 5. The number of benzene rings is 1. The largest absolute Gasteiger partial charge is 0.368 e. The van der Waals surface area contributed by atoms with Crippen LogP contribution < -0.4 is 4.90 Å². The first-order valence-corrected chi connectivity index (χ1v) is 8.53. The van der Waals surface area contributed by atoms with Crippen molar-refractivity contribution in [2.24, 2.45) is 0 Å². The predicted molar refractivity (Wildman–Crippen MR) is 95.0 cm³/mol. The van der Waals surface area contributed by atoms with Crippen molar-refractivity contribution in [3.63, 3.8) is 0 Å². The Morgan fingerprint density at radius 2 is 2.04 bits per heavy atom. The van der Waals surface area contributed by atoms with E-state index in [1.165, 1.54) is 11.3 Å². The summed E-state index contributed by atoms with van der Waals surface area (Å²) in [6, 6.07) is 9.05. The standard InChI is InChI=1S/C18H27N5O/c1-14-7-5-6-8-16(14)23-10-9-22(15(2)11-23)13-18-19-17(20-24-18)12-21(3)4/h5-8,15H,9-13H2,1-4H3. The highest BCUT2D eigenvalue weighted by Gasteiger charge is 2.26. The fourth-order valence-electron chi connectivity index (χ4n) is 3.24. The summed E-state index contributed by atoms with van der Waals surface area (Å²) in [5, 5.41) is 4.06. The van der Waals surface area contributed by atoms with Gasteiger partial charge in [0.15, 0.2) is 5.82 Å². The van der Waals surface area contributed by atoms with E-state index in [-0.39, 0.29) is 0 Å². The van der Waals surface area contributed by atoms with E-state index in [2.05, 4.69) is 58.1 Å².